The molecule has 0 bridgehead atoms. The van der Waals surface area contributed by atoms with Gasteiger partial charge in [-0.2, -0.15) is 0 Å². The van der Waals surface area contributed by atoms with E-state index in [4.69, 9.17) is 11.5 Å². The van der Waals surface area contributed by atoms with Crippen LogP contribution in [0.2, 0.25) is 0 Å². The molecule has 10 N–H and O–H groups in total. The van der Waals surface area contributed by atoms with Gasteiger partial charge in [0.05, 0.1) is 34.3 Å². The zero-order valence-electron chi connectivity index (χ0n) is 23.1. The highest BCUT2D eigenvalue weighted by Crippen LogP contribution is 2.42. The number of amides is 2. The fourth-order valence-electron chi connectivity index (χ4n) is 4.27. The molecule has 0 heterocycles. The van der Waals surface area contributed by atoms with Gasteiger partial charge in [-0.1, -0.05) is 27.7 Å². The number of nitrogens with two attached hydrogens (primary N) is 2. The summed E-state index contributed by atoms with van der Waals surface area (Å²) in [5, 5.41) is 32.4. The molecule has 2 aromatic carbocycles. The average molecular weight is 555 g/mol. The molecule has 12 heteroatoms. The monoisotopic (exact) mass is 554 g/mol. The van der Waals surface area contributed by atoms with E-state index < -0.39 is 35.1 Å². The van der Waals surface area contributed by atoms with Gasteiger partial charge in [0.1, 0.15) is 11.5 Å². The summed E-state index contributed by atoms with van der Waals surface area (Å²) >= 11 is 0. The lowest BCUT2D eigenvalue weighted by Crippen LogP contribution is -2.45. The highest BCUT2D eigenvalue weighted by Gasteiger charge is 2.38. The first-order valence-electron chi connectivity index (χ1n) is 13.2. The first-order valence-corrected chi connectivity index (χ1v) is 13.2. The number of aromatic hydroxyl groups is 2. The second-order valence-electron chi connectivity index (χ2n) is 10.4. The molecule has 0 aromatic heterocycles. The molecule has 40 heavy (non-hydrogen) atoms. The number of hydrogen-bond donors (Lipinski definition) is 8. The van der Waals surface area contributed by atoms with Gasteiger partial charge in [0.15, 0.2) is 0 Å². The number of ketones is 2. The highest BCUT2D eigenvalue weighted by atomic mass is 16.3. The van der Waals surface area contributed by atoms with E-state index in [-0.39, 0.29) is 72.1 Å². The molecule has 0 unspecified atom stereocenters. The maximum atomic E-state index is 13.6. The number of phenolic OH excluding ortho intramolecular Hbond substituents is 2. The van der Waals surface area contributed by atoms with Gasteiger partial charge >= 0.3 is 0 Å². The predicted octanol–water partition coefficient (Wildman–Crippen LogP) is 0.896. The quantitative estimate of drug-likeness (QED) is 0.117. The first kappa shape index (κ1) is 30.4. The number of rotatable bonds is 12. The third-order valence-electron chi connectivity index (χ3n) is 6.80. The zero-order valence-corrected chi connectivity index (χ0v) is 23.1. The normalized spacial score (nSPS) is 13.9. The number of benzene rings is 2. The van der Waals surface area contributed by atoms with Crippen molar-refractivity contribution >= 4 is 34.8 Å². The van der Waals surface area contributed by atoms with E-state index >= 15 is 0 Å². The van der Waals surface area contributed by atoms with Gasteiger partial charge in [-0.3, -0.25) is 19.2 Å². The number of phenols is 2. The molecule has 0 spiro atoms. The molecular formula is C28H38N6O6. The van der Waals surface area contributed by atoms with Crippen LogP contribution < -0.4 is 32.7 Å². The molecule has 12 nitrogen and oxygen atoms in total. The third kappa shape index (κ3) is 6.35. The molecule has 0 fully saturated rings. The summed E-state index contributed by atoms with van der Waals surface area (Å²) in [6.07, 6.45) is 0. The molecule has 3 rings (SSSR count). The topological polar surface area (TPSA) is 209 Å². The Hall–Kier alpha value is -4.16. The Morgan fingerprint density at radius 2 is 1.00 bits per heavy atom. The Bertz CT molecular complexity index is 1210. The third-order valence-corrected chi connectivity index (χ3v) is 6.80. The van der Waals surface area contributed by atoms with Crippen molar-refractivity contribution in [3.8, 4) is 11.5 Å². The van der Waals surface area contributed by atoms with Crippen LogP contribution >= 0.6 is 0 Å². The van der Waals surface area contributed by atoms with E-state index in [1.807, 2.05) is 27.7 Å². The summed E-state index contributed by atoms with van der Waals surface area (Å²) in [6.45, 7) is 8.21. The number of carbonyl (C=O) groups is 4. The molecule has 216 valence electrons. The smallest absolute Gasteiger partial charge is 0.237 e. The van der Waals surface area contributed by atoms with Gasteiger partial charge in [0.25, 0.3) is 0 Å². The zero-order chi connectivity index (χ0) is 29.7. The van der Waals surface area contributed by atoms with Crippen LogP contribution in [0.3, 0.4) is 0 Å². The van der Waals surface area contributed by atoms with E-state index in [1.54, 1.807) is 12.1 Å². The van der Waals surface area contributed by atoms with Gasteiger partial charge in [-0.25, -0.2) is 0 Å². The molecule has 0 radical (unpaired) electrons. The largest absolute Gasteiger partial charge is 0.507 e. The van der Waals surface area contributed by atoms with E-state index in [1.165, 1.54) is 0 Å². The van der Waals surface area contributed by atoms with Crippen molar-refractivity contribution in [2.24, 2.45) is 23.3 Å². The summed E-state index contributed by atoms with van der Waals surface area (Å²) in [5.74, 6) is -2.83. The second-order valence-corrected chi connectivity index (χ2v) is 10.4. The number of hydrogen-bond acceptors (Lipinski definition) is 10. The van der Waals surface area contributed by atoms with E-state index in [9.17, 15) is 29.4 Å². The molecule has 0 aliphatic heterocycles. The van der Waals surface area contributed by atoms with Gasteiger partial charge in [-0.15, -0.1) is 0 Å². The van der Waals surface area contributed by atoms with Crippen molar-refractivity contribution in [3.63, 3.8) is 0 Å². The second kappa shape index (κ2) is 12.8. The van der Waals surface area contributed by atoms with Crippen molar-refractivity contribution in [1.82, 2.24) is 10.6 Å². The van der Waals surface area contributed by atoms with E-state index in [0.717, 1.165) is 12.1 Å². The van der Waals surface area contributed by atoms with Crippen LogP contribution in [0.5, 0.6) is 11.5 Å². The Labute approximate surface area is 232 Å². The number of nitrogens with one attached hydrogen (secondary N) is 4. The van der Waals surface area contributed by atoms with Gasteiger partial charge in [0, 0.05) is 37.6 Å². The standard InChI is InChI=1S/C28H38N6O6/c1-13(2)23(29)27(39)33-11-9-31-15-5-6-16(32-10-12-34-28(40)24(30)14(3)4)20-19(15)25(37)21-17(35)7-8-18(36)22(21)26(20)38/h5-8,13-14,23-24,31-32,35-36H,9-12,29-30H2,1-4H3,(H,33,39)(H,34,40)/t23-,24-/m0/s1. The Morgan fingerprint density at radius 3 is 1.32 bits per heavy atom. The predicted molar refractivity (Wildman–Crippen MR) is 152 cm³/mol. The number of fused-ring (bicyclic) bond motifs is 2. The molecular weight excluding hydrogens is 516 g/mol. The Morgan fingerprint density at radius 1 is 0.650 bits per heavy atom. The fourth-order valence-corrected chi connectivity index (χ4v) is 4.27. The Kier molecular flexibility index (Phi) is 9.72. The molecule has 0 saturated carbocycles. The van der Waals surface area contributed by atoms with E-state index in [0.29, 0.717) is 11.4 Å². The van der Waals surface area contributed by atoms with E-state index in [2.05, 4.69) is 21.3 Å². The van der Waals surface area contributed by atoms with Gasteiger partial charge in [-0.05, 0) is 36.1 Å². The van der Waals surface area contributed by atoms with Crippen LogP contribution in [0.25, 0.3) is 0 Å². The average Bonchev–Trinajstić information content (AvgIpc) is 2.91. The lowest BCUT2D eigenvalue weighted by molar-refractivity contribution is -0.123. The summed E-state index contributed by atoms with van der Waals surface area (Å²) in [5.41, 5.74) is 11.8. The summed E-state index contributed by atoms with van der Waals surface area (Å²) in [6, 6.07) is 4.19. The van der Waals surface area contributed by atoms with Crippen LogP contribution in [-0.2, 0) is 9.59 Å². The minimum atomic E-state index is -0.657. The minimum Gasteiger partial charge on any atom is -0.507 e. The highest BCUT2D eigenvalue weighted by molar-refractivity contribution is 6.33. The minimum absolute atomic E-state index is 0.0134. The molecule has 2 amide bonds. The van der Waals surface area contributed by atoms with Crippen LogP contribution in [0.4, 0.5) is 11.4 Å². The molecule has 1 aliphatic carbocycles. The SMILES string of the molecule is CC(C)[C@H](N)C(=O)NCCNc1ccc(NCCNC(=O)[C@@H](N)C(C)C)c2c1C(=O)c1c(O)ccc(O)c1C2=O. The maximum absolute atomic E-state index is 13.6. The number of carbonyl (C=O) groups excluding carboxylic acids is 4. The molecule has 0 saturated heterocycles. The van der Waals surface area contributed by atoms with Crippen molar-refractivity contribution in [3.05, 3.63) is 46.5 Å². The maximum Gasteiger partial charge on any atom is 0.237 e. The lowest BCUT2D eigenvalue weighted by Gasteiger charge is -2.25. The van der Waals surface area contributed by atoms with Crippen molar-refractivity contribution in [2.75, 3.05) is 36.8 Å². The lowest BCUT2D eigenvalue weighted by atomic mass is 9.81. The van der Waals surface area contributed by atoms with Crippen LogP contribution in [0.15, 0.2) is 24.3 Å². The summed E-state index contributed by atoms with van der Waals surface area (Å²) in [7, 11) is 0. The summed E-state index contributed by atoms with van der Waals surface area (Å²) < 4.78 is 0. The van der Waals surface area contributed by atoms with Crippen LogP contribution in [0, 0.1) is 11.8 Å². The molecule has 2 aromatic rings. The van der Waals surface area contributed by atoms with Gasteiger partial charge in [0.2, 0.25) is 23.4 Å². The summed E-state index contributed by atoms with van der Waals surface area (Å²) in [4.78, 5) is 51.5. The van der Waals surface area contributed by atoms with Crippen LogP contribution in [-0.4, -0.2) is 71.9 Å². The fraction of sp³-hybridized carbons (Fsp3) is 0.429. The number of anilines is 2. The van der Waals surface area contributed by atoms with Crippen molar-refractivity contribution < 1.29 is 29.4 Å². The Balaban J connectivity index is 1.86. The molecule has 2 atom stereocenters. The first-order chi connectivity index (χ1) is 18.9. The van der Waals surface area contributed by atoms with Crippen molar-refractivity contribution in [1.29, 1.82) is 0 Å². The van der Waals surface area contributed by atoms with Gasteiger partial charge < -0.3 is 42.9 Å². The molecule has 1 aliphatic rings. The van der Waals surface area contributed by atoms with Crippen LogP contribution in [0.1, 0.15) is 59.5 Å². The van der Waals surface area contributed by atoms with Crippen molar-refractivity contribution in [2.45, 2.75) is 39.8 Å².